The van der Waals surface area contributed by atoms with Crippen LogP contribution >= 0.6 is 0 Å². The van der Waals surface area contributed by atoms with E-state index in [-0.39, 0.29) is 11.9 Å². The van der Waals surface area contributed by atoms with Crippen LogP contribution in [0.1, 0.15) is 28.4 Å². The van der Waals surface area contributed by atoms with Crippen molar-refractivity contribution in [3.63, 3.8) is 0 Å². The summed E-state index contributed by atoms with van der Waals surface area (Å²) >= 11 is 0. The maximum Gasteiger partial charge on any atom is 0.258 e. The Bertz CT molecular complexity index is 768. The van der Waals surface area contributed by atoms with Gasteiger partial charge in [-0.05, 0) is 42.7 Å². The Labute approximate surface area is 149 Å². The number of nitrogens with zero attached hydrogens (tertiary/aromatic N) is 2. The molecule has 2 aromatic rings. The van der Waals surface area contributed by atoms with Crippen LogP contribution in [0.25, 0.3) is 0 Å². The summed E-state index contributed by atoms with van der Waals surface area (Å²) in [6, 6.07) is 16.5. The zero-order valence-electron chi connectivity index (χ0n) is 14.6. The fraction of sp³-hybridized carbons (Fsp3) is 0.381. The fourth-order valence-corrected chi connectivity index (χ4v) is 3.83. The van der Waals surface area contributed by atoms with Gasteiger partial charge in [-0.15, -0.1) is 0 Å². The van der Waals surface area contributed by atoms with Gasteiger partial charge in [0.2, 0.25) is 0 Å². The minimum absolute atomic E-state index is 0.0984. The molecule has 4 rings (SSSR count). The predicted molar refractivity (Wildman–Crippen MR) is 99.0 cm³/mol. The van der Waals surface area contributed by atoms with Gasteiger partial charge in [0.15, 0.2) is 0 Å². The number of amides is 1. The fourth-order valence-electron chi connectivity index (χ4n) is 3.83. The SMILES string of the molecule is C[C@H]1Cc2ccccc2N1C(=O)c1cccc(CN2CCOCC2)c1. The molecule has 1 atom stereocenters. The van der Waals surface area contributed by atoms with Gasteiger partial charge >= 0.3 is 0 Å². The summed E-state index contributed by atoms with van der Waals surface area (Å²) in [6.45, 7) is 6.48. The number of rotatable bonds is 3. The van der Waals surface area contributed by atoms with Crippen molar-refractivity contribution < 1.29 is 9.53 Å². The van der Waals surface area contributed by atoms with E-state index in [2.05, 4.69) is 24.0 Å². The Morgan fingerprint density at radius 2 is 1.92 bits per heavy atom. The highest BCUT2D eigenvalue weighted by molar-refractivity contribution is 6.07. The van der Waals surface area contributed by atoms with E-state index in [1.165, 1.54) is 11.1 Å². The molecule has 2 aliphatic heterocycles. The lowest BCUT2D eigenvalue weighted by Crippen LogP contribution is -2.36. The van der Waals surface area contributed by atoms with E-state index in [0.717, 1.165) is 50.5 Å². The highest BCUT2D eigenvalue weighted by Crippen LogP contribution is 2.33. The van der Waals surface area contributed by atoms with E-state index in [4.69, 9.17) is 4.74 Å². The molecular weight excluding hydrogens is 312 g/mol. The molecular formula is C21H24N2O2. The smallest absolute Gasteiger partial charge is 0.258 e. The van der Waals surface area contributed by atoms with E-state index < -0.39 is 0 Å². The summed E-state index contributed by atoms with van der Waals surface area (Å²) in [5, 5.41) is 0. The monoisotopic (exact) mass is 336 g/mol. The molecule has 1 amide bonds. The third-order valence-electron chi connectivity index (χ3n) is 5.11. The lowest BCUT2D eigenvalue weighted by atomic mass is 10.1. The molecule has 0 saturated carbocycles. The molecule has 0 bridgehead atoms. The molecule has 1 fully saturated rings. The first-order valence-corrected chi connectivity index (χ1v) is 9.03. The number of ether oxygens (including phenoxy) is 1. The number of carbonyl (C=O) groups excluding carboxylic acids is 1. The number of hydrogen-bond acceptors (Lipinski definition) is 3. The van der Waals surface area contributed by atoms with Gasteiger partial charge in [-0.1, -0.05) is 30.3 Å². The van der Waals surface area contributed by atoms with E-state index >= 15 is 0 Å². The van der Waals surface area contributed by atoms with Gasteiger partial charge in [-0.2, -0.15) is 0 Å². The van der Waals surface area contributed by atoms with Crippen LogP contribution in [0.3, 0.4) is 0 Å². The number of anilines is 1. The van der Waals surface area contributed by atoms with E-state index in [1.54, 1.807) is 0 Å². The normalized spacial score (nSPS) is 20.5. The van der Waals surface area contributed by atoms with Crippen molar-refractivity contribution >= 4 is 11.6 Å². The molecule has 0 aromatic heterocycles. The van der Waals surface area contributed by atoms with Crippen LogP contribution in [0.4, 0.5) is 5.69 Å². The topological polar surface area (TPSA) is 32.8 Å². The van der Waals surface area contributed by atoms with Crippen molar-refractivity contribution in [2.45, 2.75) is 25.9 Å². The first-order valence-electron chi connectivity index (χ1n) is 9.03. The number of carbonyl (C=O) groups is 1. The van der Waals surface area contributed by atoms with Crippen LogP contribution in [0, 0.1) is 0 Å². The van der Waals surface area contributed by atoms with Gasteiger partial charge in [-0.25, -0.2) is 0 Å². The molecule has 0 radical (unpaired) electrons. The molecule has 0 unspecified atom stereocenters. The zero-order valence-corrected chi connectivity index (χ0v) is 14.6. The average molecular weight is 336 g/mol. The Balaban J connectivity index is 1.55. The summed E-state index contributed by atoms with van der Waals surface area (Å²) < 4.78 is 5.41. The predicted octanol–water partition coefficient (Wildman–Crippen LogP) is 3.11. The first-order chi connectivity index (χ1) is 12.2. The molecule has 4 heteroatoms. The molecule has 2 aliphatic rings. The van der Waals surface area contributed by atoms with E-state index in [0.29, 0.717) is 0 Å². The Kier molecular flexibility index (Phi) is 4.55. The van der Waals surface area contributed by atoms with Crippen LogP contribution in [0.5, 0.6) is 0 Å². The van der Waals surface area contributed by atoms with Gasteiger partial charge in [0, 0.05) is 36.9 Å². The standard InChI is InChI=1S/C21H24N2O2/c1-16-13-18-6-2-3-8-20(18)23(16)21(24)19-7-4-5-17(14-19)15-22-9-11-25-12-10-22/h2-8,14,16H,9-13,15H2,1H3/t16-/m0/s1. The zero-order chi connectivity index (χ0) is 17.2. The third kappa shape index (κ3) is 3.32. The molecule has 1 saturated heterocycles. The second kappa shape index (κ2) is 6.98. The average Bonchev–Trinajstić information content (AvgIpc) is 2.98. The van der Waals surface area contributed by atoms with Gasteiger partial charge in [-0.3, -0.25) is 9.69 Å². The molecule has 0 spiro atoms. The summed E-state index contributed by atoms with van der Waals surface area (Å²) in [5.41, 5.74) is 4.27. The summed E-state index contributed by atoms with van der Waals surface area (Å²) in [4.78, 5) is 17.5. The Morgan fingerprint density at radius 1 is 1.12 bits per heavy atom. The number of para-hydroxylation sites is 1. The van der Waals surface area contributed by atoms with Crippen LogP contribution in [-0.2, 0) is 17.7 Å². The summed E-state index contributed by atoms with van der Waals surface area (Å²) in [7, 11) is 0. The molecule has 2 aromatic carbocycles. The summed E-state index contributed by atoms with van der Waals surface area (Å²) in [6.07, 6.45) is 0.926. The van der Waals surface area contributed by atoms with Crippen molar-refractivity contribution in [2.24, 2.45) is 0 Å². The second-order valence-electron chi connectivity index (χ2n) is 6.95. The molecule has 130 valence electrons. The Hall–Kier alpha value is -2.17. The van der Waals surface area contributed by atoms with Crippen LogP contribution in [-0.4, -0.2) is 43.2 Å². The minimum Gasteiger partial charge on any atom is -0.379 e. The number of morpholine rings is 1. The second-order valence-corrected chi connectivity index (χ2v) is 6.95. The minimum atomic E-state index is 0.0984. The maximum atomic E-state index is 13.2. The van der Waals surface area contributed by atoms with Crippen LogP contribution in [0.2, 0.25) is 0 Å². The maximum absolute atomic E-state index is 13.2. The third-order valence-corrected chi connectivity index (χ3v) is 5.11. The quantitative estimate of drug-likeness (QED) is 0.863. The molecule has 0 N–H and O–H groups in total. The van der Waals surface area contributed by atoms with Crippen molar-refractivity contribution in [3.05, 3.63) is 65.2 Å². The van der Waals surface area contributed by atoms with Crippen molar-refractivity contribution in [1.82, 2.24) is 4.90 Å². The van der Waals surface area contributed by atoms with Crippen molar-refractivity contribution in [2.75, 3.05) is 31.2 Å². The lowest BCUT2D eigenvalue weighted by molar-refractivity contribution is 0.0342. The van der Waals surface area contributed by atoms with Gasteiger partial charge in [0.1, 0.15) is 0 Å². The molecule has 25 heavy (non-hydrogen) atoms. The van der Waals surface area contributed by atoms with E-state index in [9.17, 15) is 4.79 Å². The molecule has 4 nitrogen and oxygen atoms in total. The largest absolute Gasteiger partial charge is 0.379 e. The first kappa shape index (κ1) is 16.3. The number of benzene rings is 2. The van der Waals surface area contributed by atoms with Gasteiger partial charge < -0.3 is 9.64 Å². The van der Waals surface area contributed by atoms with Gasteiger partial charge in [0.05, 0.1) is 13.2 Å². The van der Waals surface area contributed by atoms with Crippen LogP contribution in [0.15, 0.2) is 48.5 Å². The number of hydrogen-bond donors (Lipinski definition) is 0. The Morgan fingerprint density at radius 3 is 2.76 bits per heavy atom. The highest BCUT2D eigenvalue weighted by atomic mass is 16.5. The highest BCUT2D eigenvalue weighted by Gasteiger charge is 2.31. The number of fused-ring (bicyclic) bond motifs is 1. The van der Waals surface area contributed by atoms with E-state index in [1.807, 2.05) is 41.3 Å². The summed E-state index contributed by atoms with van der Waals surface area (Å²) in [5.74, 6) is 0.0984. The van der Waals surface area contributed by atoms with Crippen molar-refractivity contribution in [3.8, 4) is 0 Å². The lowest BCUT2D eigenvalue weighted by Gasteiger charge is -2.27. The molecule has 0 aliphatic carbocycles. The van der Waals surface area contributed by atoms with Crippen molar-refractivity contribution in [1.29, 1.82) is 0 Å². The van der Waals surface area contributed by atoms with Gasteiger partial charge in [0.25, 0.3) is 5.91 Å². The molecule has 2 heterocycles. The van der Waals surface area contributed by atoms with Crippen LogP contribution < -0.4 is 4.90 Å².